The van der Waals surface area contributed by atoms with Crippen molar-refractivity contribution in [1.29, 1.82) is 0 Å². The van der Waals surface area contributed by atoms with Crippen molar-refractivity contribution >= 4 is 17.9 Å². The normalized spacial score (nSPS) is 24.3. The molecule has 3 amide bonds. The molecular formula is C23H33N3O4. The second-order valence-corrected chi connectivity index (χ2v) is 8.16. The highest BCUT2D eigenvalue weighted by Gasteiger charge is 2.38. The fourth-order valence-electron chi connectivity index (χ4n) is 4.56. The number of nitrogens with zero attached hydrogens (tertiary/aromatic N) is 2. The minimum absolute atomic E-state index is 0.0407. The van der Waals surface area contributed by atoms with Crippen molar-refractivity contribution in [2.45, 2.75) is 39.0 Å². The number of hydrogen-bond donors (Lipinski definition) is 1. The molecule has 0 radical (unpaired) electrons. The first-order chi connectivity index (χ1) is 14.5. The summed E-state index contributed by atoms with van der Waals surface area (Å²) in [5, 5.41) is 2.86. The zero-order valence-corrected chi connectivity index (χ0v) is 18.0. The molecule has 0 bridgehead atoms. The lowest BCUT2D eigenvalue weighted by atomic mass is 9.83. The second-order valence-electron chi connectivity index (χ2n) is 8.16. The third kappa shape index (κ3) is 5.32. The molecule has 2 aliphatic rings. The van der Waals surface area contributed by atoms with Crippen molar-refractivity contribution < 1.29 is 19.1 Å². The maximum atomic E-state index is 13.4. The fourth-order valence-corrected chi connectivity index (χ4v) is 4.56. The predicted octanol–water partition coefficient (Wildman–Crippen LogP) is 2.62. The molecule has 2 heterocycles. The molecule has 0 spiro atoms. The average Bonchev–Trinajstić information content (AvgIpc) is 2.79. The third-order valence-corrected chi connectivity index (χ3v) is 6.04. The molecule has 2 saturated heterocycles. The maximum absolute atomic E-state index is 13.4. The van der Waals surface area contributed by atoms with Gasteiger partial charge in [-0.05, 0) is 38.7 Å². The third-order valence-electron chi connectivity index (χ3n) is 6.04. The Morgan fingerprint density at radius 3 is 2.47 bits per heavy atom. The summed E-state index contributed by atoms with van der Waals surface area (Å²) >= 11 is 0. The van der Waals surface area contributed by atoms with E-state index in [1.807, 2.05) is 25.1 Å². The largest absolute Gasteiger partial charge is 0.466 e. The molecule has 30 heavy (non-hydrogen) atoms. The number of hydrogen-bond acceptors (Lipinski definition) is 4. The number of amides is 3. The number of likely N-dealkylation sites (tertiary alicyclic amines) is 2. The van der Waals surface area contributed by atoms with Gasteiger partial charge in [0.15, 0.2) is 0 Å². The highest BCUT2D eigenvalue weighted by atomic mass is 16.5. The summed E-state index contributed by atoms with van der Waals surface area (Å²) in [6.45, 7) is 6.67. The zero-order chi connectivity index (χ0) is 21.5. The van der Waals surface area contributed by atoms with E-state index in [9.17, 15) is 14.4 Å². The fraction of sp³-hybridized carbons (Fsp3) is 0.609. The molecule has 1 aromatic rings. The summed E-state index contributed by atoms with van der Waals surface area (Å²) in [6, 6.07) is 9.95. The van der Waals surface area contributed by atoms with Gasteiger partial charge >= 0.3 is 12.0 Å². The van der Waals surface area contributed by atoms with Gasteiger partial charge in [-0.3, -0.25) is 9.59 Å². The topological polar surface area (TPSA) is 79.0 Å². The van der Waals surface area contributed by atoms with Gasteiger partial charge in [0.1, 0.15) is 0 Å². The monoisotopic (exact) mass is 415 g/mol. The van der Waals surface area contributed by atoms with Crippen LogP contribution in [0.25, 0.3) is 0 Å². The minimum atomic E-state index is -0.271. The van der Waals surface area contributed by atoms with E-state index in [1.54, 1.807) is 16.7 Å². The summed E-state index contributed by atoms with van der Waals surface area (Å²) in [5.41, 5.74) is 1.15. The number of carbonyl (C=O) groups is 3. The lowest BCUT2D eigenvalue weighted by Gasteiger charge is -2.40. The lowest BCUT2D eigenvalue weighted by molar-refractivity contribution is -0.152. The molecule has 7 heteroatoms. The number of piperidine rings is 2. The molecule has 164 valence electrons. The predicted molar refractivity (Wildman–Crippen MR) is 114 cm³/mol. The molecule has 0 aromatic heterocycles. The Bertz CT molecular complexity index is 739. The van der Waals surface area contributed by atoms with E-state index in [2.05, 4.69) is 17.4 Å². The molecule has 0 aliphatic carbocycles. The van der Waals surface area contributed by atoms with Crippen molar-refractivity contribution in [3.63, 3.8) is 0 Å². The summed E-state index contributed by atoms with van der Waals surface area (Å²) in [4.78, 5) is 41.7. The van der Waals surface area contributed by atoms with Gasteiger partial charge in [-0.15, -0.1) is 0 Å². The Balaban J connectivity index is 1.74. The molecule has 1 aromatic carbocycles. The van der Waals surface area contributed by atoms with Gasteiger partial charge < -0.3 is 19.9 Å². The van der Waals surface area contributed by atoms with Crippen molar-refractivity contribution in [2.24, 2.45) is 11.8 Å². The molecule has 3 unspecified atom stereocenters. The van der Waals surface area contributed by atoms with Crippen LogP contribution in [-0.2, 0) is 14.3 Å². The number of rotatable bonds is 5. The van der Waals surface area contributed by atoms with Crippen LogP contribution < -0.4 is 5.32 Å². The first kappa shape index (κ1) is 22.1. The van der Waals surface area contributed by atoms with Crippen LogP contribution in [0.4, 0.5) is 4.79 Å². The summed E-state index contributed by atoms with van der Waals surface area (Å²) in [5.74, 6) is -0.589. The number of nitrogens with one attached hydrogen (secondary N) is 1. The number of ether oxygens (including phenoxy) is 1. The van der Waals surface area contributed by atoms with Gasteiger partial charge in [-0.1, -0.05) is 30.3 Å². The van der Waals surface area contributed by atoms with E-state index in [-0.39, 0.29) is 35.7 Å². The van der Waals surface area contributed by atoms with Crippen molar-refractivity contribution in [3.8, 4) is 0 Å². The minimum Gasteiger partial charge on any atom is -0.466 e. The highest BCUT2D eigenvalue weighted by molar-refractivity contribution is 5.82. The van der Waals surface area contributed by atoms with Gasteiger partial charge in [-0.2, -0.15) is 0 Å². The van der Waals surface area contributed by atoms with Gasteiger partial charge in [0.2, 0.25) is 5.91 Å². The summed E-state index contributed by atoms with van der Waals surface area (Å²) in [6.07, 6.45) is 2.26. The van der Waals surface area contributed by atoms with E-state index in [0.29, 0.717) is 45.8 Å². The second kappa shape index (κ2) is 10.5. The Hall–Kier alpha value is -2.57. The first-order valence-corrected chi connectivity index (χ1v) is 11.1. The molecule has 1 N–H and O–H groups in total. The Morgan fingerprint density at radius 1 is 1.03 bits per heavy atom. The highest BCUT2D eigenvalue weighted by Crippen LogP contribution is 2.32. The number of urea groups is 1. The standard InChI is InChI=1S/C23H33N3O4/c1-3-24-23(29)26-15-19(17-9-6-5-7-10-17)13-20(16-26)21(27)25-12-8-11-18(14-25)22(28)30-4-2/h5-7,9-10,18-20H,3-4,8,11-16H2,1-2H3,(H,24,29). The van der Waals surface area contributed by atoms with Crippen molar-refractivity contribution in [1.82, 2.24) is 15.1 Å². The smallest absolute Gasteiger partial charge is 0.317 e. The van der Waals surface area contributed by atoms with Crippen LogP contribution in [0.5, 0.6) is 0 Å². The van der Waals surface area contributed by atoms with Crippen LogP contribution in [-0.4, -0.2) is 67.0 Å². The Kier molecular flexibility index (Phi) is 7.71. The molecular weight excluding hydrogens is 382 g/mol. The Labute approximate surface area is 178 Å². The zero-order valence-electron chi connectivity index (χ0n) is 18.0. The molecule has 2 aliphatic heterocycles. The van der Waals surface area contributed by atoms with Crippen LogP contribution in [0.2, 0.25) is 0 Å². The average molecular weight is 416 g/mol. The van der Waals surface area contributed by atoms with E-state index >= 15 is 0 Å². The molecule has 3 atom stereocenters. The van der Waals surface area contributed by atoms with Crippen LogP contribution in [0, 0.1) is 11.8 Å². The van der Waals surface area contributed by atoms with Crippen molar-refractivity contribution in [2.75, 3.05) is 39.3 Å². The van der Waals surface area contributed by atoms with Crippen LogP contribution in [0.1, 0.15) is 44.6 Å². The quantitative estimate of drug-likeness (QED) is 0.750. The number of esters is 1. The van der Waals surface area contributed by atoms with E-state index < -0.39 is 0 Å². The van der Waals surface area contributed by atoms with Crippen LogP contribution in [0.3, 0.4) is 0 Å². The van der Waals surface area contributed by atoms with Gasteiger partial charge in [0.05, 0.1) is 18.4 Å². The molecule has 3 rings (SSSR count). The van der Waals surface area contributed by atoms with Crippen LogP contribution in [0.15, 0.2) is 30.3 Å². The SMILES string of the molecule is CCNC(=O)N1CC(C(=O)N2CCCC(C(=O)OCC)C2)CC(c2ccccc2)C1. The lowest BCUT2D eigenvalue weighted by Crippen LogP contribution is -2.53. The molecule has 7 nitrogen and oxygen atoms in total. The van der Waals surface area contributed by atoms with E-state index in [0.717, 1.165) is 18.4 Å². The number of benzene rings is 1. The van der Waals surface area contributed by atoms with Crippen molar-refractivity contribution in [3.05, 3.63) is 35.9 Å². The van der Waals surface area contributed by atoms with Crippen LogP contribution >= 0.6 is 0 Å². The summed E-state index contributed by atoms with van der Waals surface area (Å²) < 4.78 is 5.17. The molecule has 0 saturated carbocycles. The van der Waals surface area contributed by atoms with Gasteiger partial charge in [-0.25, -0.2) is 4.79 Å². The summed E-state index contributed by atoms with van der Waals surface area (Å²) in [7, 11) is 0. The van der Waals surface area contributed by atoms with Gasteiger partial charge in [0.25, 0.3) is 0 Å². The van der Waals surface area contributed by atoms with E-state index in [1.165, 1.54) is 0 Å². The van der Waals surface area contributed by atoms with Gasteiger partial charge in [0, 0.05) is 38.6 Å². The maximum Gasteiger partial charge on any atom is 0.317 e. The van der Waals surface area contributed by atoms with E-state index in [4.69, 9.17) is 4.74 Å². The molecule has 2 fully saturated rings. The first-order valence-electron chi connectivity index (χ1n) is 11.1. The number of carbonyl (C=O) groups excluding carboxylic acids is 3. The Morgan fingerprint density at radius 2 is 1.77 bits per heavy atom.